The summed E-state index contributed by atoms with van der Waals surface area (Å²) in [6.45, 7) is 4.63. The van der Waals surface area contributed by atoms with Gasteiger partial charge in [0.2, 0.25) is 13.2 Å². The first-order valence-electron chi connectivity index (χ1n) is 8.91. The molecule has 1 heterocycles. The van der Waals surface area contributed by atoms with Crippen LogP contribution < -0.4 is 4.74 Å². The van der Waals surface area contributed by atoms with E-state index < -0.39 is 7.37 Å². The second-order valence-electron chi connectivity index (χ2n) is 6.76. The lowest BCUT2D eigenvalue weighted by Gasteiger charge is -2.21. The Labute approximate surface area is 150 Å². The summed E-state index contributed by atoms with van der Waals surface area (Å²) in [5.41, 5.74) is 2.27. The highest BCUT2D eigenvalue weighted by molar-refractivity contribution is 7.58. The predicted octanol–water partition coefficient (Wildman–Crippen LogP) is 5.10. The van der Waals surface area contributed by atoms with Gasteiger partial charge in [-0.1, -0.05) is 30.3 Å². The first-order valence-corrected chi connectivity index (χ1v) is 11.2. The molecule has 1 aromatic carbocycles. The lowest BCUT2D eigenvalue weighted by molar-refractivity contribution is 0.293. The maximum absolute atomic E-state index is 12.7. The van der Waals surface area contributed by atoms with Gasteiger partial charge in [-0.25, -0.2) is 4.98 Å². The molecule has 1 fully saturated rings. The molecule has 0 radical (unpaired) electrons. The molecule has 2 unspecified atom stereocenters. The summed E-state index contributed by atoms with van der Waals surface area (Å²) in [4.78, 5) is 4.33. The van der Waals surface area contributed by atoms with Crippen molar-refractivity contribution in [2.45, 2.75) is 32.3 Å². The van der Waals surface area contributed by atoms with Crippen molar-refractivity contribution in [3.63, 3.8) is 0 Å². The fourth-order valence-electron chi connectivity index (χ4n) is 3.17. The van der Waals surface area contributed by atoms with Gasteiger partial charge >= 0.3 is 0 Å². The topological polar surface area (TPSA) is 48.4 Å². The van der Waals surface area contributed by atoms with Gasteiger partial charge in [0, 0.05) is 25.1 Å². The van der Waals surface area contributed by atoms with Gasteiger partial charge < -0.3 is 9.26 Å². The number of aromatic nitrogens is 1. The van der Waals surface area contributed by atoms with Crippen LogP contribution in [0.4, 0.5) is 0 Å². The lowest BCUT2D eigenvalue weighted by Crippen LogP contribution is -2.10. The highest BCUT2D eigenvalue weighted by Crippen LogP contribution is 2.53. The van der Waals surface area contributed by atoms with E-state index in [2.05, 4.69) is 4.98 Å². The van der Waals surface area contributed by atoms with Gasteiger partial charge in [-0.15, -0.1) is 0 Å². The van der Waals surface area contributed by atoms with Gasteiger partial charge in [-0.2, -0.15) is 0 Å². The molecule has 0 saturated heterocycles. The molecule has 2 atom stereocenters. The minimum absolute atomic E-state index is 0.254. The Balaban J connectivity index is 1.71. The summed E-state index contributed by atoms with van der Waals surface area (Å²) in [6.07, 6.45) is 4.76. The van der Waals surface area contributed by atoms with Crippen LogP contribution in [0.15, 0.2) is 48.7 Å². The molecule has 0 bridgehead atoms. The van der Waals surface area contributed by atoms with Gasteiger partial charge in [0.15, 0.2) is 0 Å². The summed E-state index contributed by atoms with van der Waals surface area (Å²) in [5, 5.41) is 0. The Morgan fingerprint density at radius 1 is 1.24 bits per heavy atom. The molecule has 0 aliphatic heterocycles. The van der Waals surface area contributed by atoms with E-state index in [1.807, 2.05) is 49.4 Å². The average molecular weight is 359 g/mol. The van der Waals surface area contributed by atoms with Crippen LogP contribution in [0.25, 0.3) is 0 Å². The Morgan fingerprint density at radius 3 is 2.68 bits per heavy atom. The zero-order valence-corrected chi connectivity index (χ0v) is 15.8. The zero-order chi connectivity index (χ0) is 17.7. The van der Waals surface area contributed by atoms with Gasteiger partial charge in [0.05, 0.1) is 6.61 Å². The minimum atomic E-state index is -2.57. The van der Waals surface area contributed by atoms with E-state index in [1.165, 1.54) is 12.8 Å². The number of rotatable bonds is 9. The van der Waals surface area contributed by atoms with Crippen LogP contribution in [0.2, 0.25) is 0 Å². The molecule has 4 nitrogen and oxygen atoms in total. The minimum Gasteiger partial charge on any atom is -0.473 e. The maximum atomic E-state index is 12.7. The quantitative estimate of drug-likeness (QED) is 0.585. The van der Waals surface area contributed by atoms with Crippen molar-refractivity contribution < 1.29 is 13.8 Å². The Morgan fingerprint density at radius 2 is 2.00 bits per heavy atom. The first-order chi connectivity index (χ1) is 12.1. The van der Waals surface area contributed by atoms with E-state index in [0.717, 1.165) is 11.1 Å². The average Bonchev–Trinajstić information content (AvgIpc) is 3.44. The van der Waals surface area contributed by atoms with Crippen molar-refractivity contribution in [3.05, 3.63) is 59.8 Å². The van der Waals surface area contributed by atoms with Gasteiger partial charge in [-0.3, -0.25) is 4.57 Å². The smallest absolute Gasteiger partial charge is 0.213 e. The molecule has 134 valence electrons. The molecule has 1 aliphatic rings. The van der Waals surface area contributed by atoms with Crippen molar-refractivity contribution in [1.29, 1.82) is 0 Å². The first kappa shape index (κ1) is 18.2. The second kappa shape index (κ2) is 8.16. The molecule has 0 spiro atoms. The molecule has 1 aromatic heterocycles. The number of pyridine rings is 1. The zero-order valence-electron chi connectivity index (χ0n) is 14.9. The Hall–Kier alpha value is -1.64. The molecule has 0 amide bonds. The number of nitrogens with zero attached hydrogens (tertiary/aromatic N) is 1. The SMILES string of the molecule is CCOP(C)(=O)CC(c1ccnc(OCc2ccccc2)c1)C1CC1. The third-order valence-corrected chi connectivity index (χ3v) is 6.40. The molecular formula is C20H26NO3P. The predicted molar refractivity (Wildman–Crippen MR) is 100 cm³/mol. The third kappa shape index (κ3) is 5.42. The van der Waals surface area contributed by atoms with E-state index in [1.54, 1.807) is 12.9 Å². The van der Waals surface area contributed by atoms with Crippen LogP contribution >= 0.6 is 7.37 Å². The monoisotopic (exact) mass is 359 g/mol. The van der Waals surface area contributed by atoms with Crippen LogP contribution in [0.3, 0.4) is 0 Å². The number of ether oxygens (including phenoxy) is 1. The number of hydrogen-bond acceptors (Lipinski definition) is 4. The standard InChI is InChI=1S/C20H26NO3P/c1-3-24-25(2,22)15-19(17-9-10-17)18-11-12-21-20(13-18)23-14-16-7-5-4-6-8-16/h4-8,11-13,17,19H,3,9-10,14-15H2,1-2H3. The van der Waals surface area contributed by atoms with Gasteiger partial charge in [0.1, 0.15) is 6.61 Å². The van der Waals surface area contributed by atoms with E-state index in [-0.39, 0.29) is 5.92 Å². The Kier molecular flexibility index (Phi) is 5.93. The van der Waals surface area contributed by atoms with Crippen molar-refractivity contribution >= 4 is 7.37 Å². The molecule has 25 heavy (non-hydrogen) atoms. The van der Waals surface area contributed by atoms with E-state index >= 15 is 0 Å². The van der Waals surface area contributed by atoms with Crippen molar-refractivity contribution in [2.75, 3.05) is 19.4 Å². The van der Waals surface area contributed by atoms with E-state index in [4.69, 9.17) is 9.26 Å². The molecule has 0 N–H and O–H groups in total. The summed E-state index contributed by atoms with van der Waals surface area (Å²) < 4.78 is 24.0. The number of hydrogen-bond donors (Lipinski definition) is 0. The van der Waals surface area contributed by atoms with Crippen molar-refractivity contribution in [1.82, 2.24) is 4.98 Å². The van der Waals surface area contributed by atoms with Crippen LogP contribution in [0, 0.1) is 5.92 Å². The summed E-state index contributed by atoms with van der Waals surface area (Å²) >= 11 is 0. The van der Waals surface area contributed by atoms with Gasteiger partial charge in [0.25, 0.3) is 0 Å². The molecular weight excluding hydrogens is 333 g/mol. The van der Waals surface area contributed by atoms with Crippen molar-refractivity contribution in [2.24, 2.45) is 5.92 Å². The molecule has 1 aliphatic carbocycles. The lowest BCUT2D eigenvalue weighted by atomic mass is 9.97. The molecule has 3 rings (SSSR count). The van der Waals surface area contributed by atoms with Crippen LogP contribution in [0.1, 0.15) is 36.8 Å². The summed E-state index contributed by atoms with van der Waals surface area (Å²) in [6, 6.07) is 14.1. The van der Waals surface area contributed by atoms with E-state index in [9.17, 15) is 4.57 Å². The fraction of sp³-hybridized carbons (Fsp3) is 0.450. The number of benzene rings is 1. The second-order valence-corrected chi connectivity index (χ2v) is 9.41. The van der Waals surface area contributed by atoms with Crippen molar-refractivity contribution in [3.8, 4) is 5.88 Å². The molecule has 2 aromatic rings. The third-order valence-electron chi connectivity index (χ3n) is 4.54. The van der Waals surface area contributed by atoms with Crippen LogP contribution in [0.5, 0.6) is 5.88 Å². The molecule has 5 heteroatoms. The van der Waals surface area contributed by atoms with Crippen LogP contribution in [-0.2, 0) is 15.7 Å². The maximum Gasteiger partial charge on any atom is 0.213 e. The summed E-state index contributed by atoms with van der Waals surface area (Å²) in [5.74, 6) is 1.47. The summed E-state index contributed by atoms with van der Waals surface area (Å²) in [7, 11) is -2.57. The highest BCUT2D eigenvalue weighted by atomic mass is 31.2. The van der Waals surface area contributed by atoms with Gasteiger partial charge in [-0.05, 0) is 48.8 Å². The highest BCUT2D eigenvalue weighted by Gasteiger charge is 2.36. The fourth-order valence-corrected chi connectivity index (χ4v) is 5.05. The normalized spacial score (nSPS) is 17.7. The Bertz CT molecular complexity index is 731. The molecule has 1 saturated carbocycles. The largest absolute Gasteiger partial charge is 0.473 e. The van der Waals surface area contributed by atoms with Crippen LogP contribution in [-0.4, -0.2) is 24.4 Å². The van der Waals surface area contributed by atoms with E-state index in [0.29, 0.717) is 31.2 Å².